The molecule has 1 aliphatic rings. The van der Waals surface area contributed by atoms with Gasteiger partial charge < -0.3 is 15.5 Å². The van der Waals surface area contributed by atoms with Crippen LogP contribution in [0.15, 0.2) is 36.4 Å². The summed E-state index contributed by atoms with van der Waals surface area (Å²) in [6, 6.07) is 6.14. The smallest absolute Gasteiger partial charge is 0.390 e. The molecule has 26 heavy (non-hydrogen) atoms. The molecule has 8 heteroatoms. The van der Waals surface area contributed by atoms with Gasteiger partial charge in [-0.2, -0.15) is 18.4 Å². The fourth-order valence-electron chi connectivity index (χ4n) is 2.29. The summed E-state index contributed by atoms with van der Waals surface area (Å²) in [6.07, 6.45) is -1.61. The van der Waals surface area contributed by atoms with E-state index < -0.39 is 29.9 Å². The van der Waals surface area contributed by atoms with E-state index in [1.165, 1.54) is 12.1 Å². The molecule has 2 atom stereocenters. The zero-order chi connectivity index (χ0) is 19.7. The summed E-state index contributed by atoms with van der Waals surface area (Å²) in [4.78, 5) is 11.2. The Kier molecular flexibility index (Phi) is 8.29. The van der Waals surface area contributed by atoms with E-state index in [2.05, 4.69) is 11.9 Å². The summed E-state index contributed by atoms with van der Waals surface area (Å²) >= 11 is 0. The summed E-state index contributed by atoms with van der Waals surface area (Å²) in [5.74, 6) is -0.699. The number of hydrogen-bond donors (Lipinski definition) is 3. The molecule has 0 aliphatic heterocycles. The van der Waals surface area contributed by atoms with Crippen LogP contribution in [-0.2, 0) is 17.5 Å². The number of carbonyl (C=O) groups excluding carboxylic acids is 1. The number of hydrogen-bond acceptors (Lipinski definition) is 4. The topological polar surface area (TPSA) is 93.4 Å². The fraction of sp³-hybridized carbons (Fsp3) is 0.444. The van der Waals surface area contributed by atoms with Crippen molar-refractivity contribution in [1.29, 1.82) is 5.26 Å². The van der Waals surface area contributed by atoms with Crippen molar-refractivity contribution in [3.63, 3.8) is 0 Å². The van der Waals surface area contributed by atoms with Crippen LogP contribution in [0.3, 0.4) is 0 Å². The van der Waals surface area contributed by atoms with Crippen LogP contribution >= 0.6 is 0 Å². The lowest BCUT2D eigenvalue weighted by Crippen LogP contribution is -2.28. The Balaban J connectivity index is 0.000000350. The van der Waals surface area contributed by atoms with Crippen LogP contribution in [0.5, 0.6) is 0 Å². The SMILES string of the molecule is C=C(C#N)C(=O)NCc1cccc(C(F)(F)F)c1.OC1CCCCC1O. The number of amides is 1. The van der Waals surface area contributed by atoms with Gasteiger partial charge in [0.1, 0.15) is 11.6 Å². The van der Waals surface area contributed by atoms with Crippen molar-refractivity contribution in [2.75, 3.05) is 0 Å². The van der Waals surface area contributed by atoms with Crippen LogP contribution < -0.4 is 5.32 Å². The molecule has 0 bridgehead atoms. The minimum Gasteiger partial charge on any atom is -0.390 e. The number of carbonyl (C=O) groups is 1. The maximum absolute atomic E-state index is 12.4. The molecular weight excluding hydrogens is 349 g/mol. The molecule has 0 spiro atoms. The van der Waals surface area contributed by atoms with Gasteiger partial charge >= 0.3 is 6.18 Å². The van der Waals surface area contributed by atoms with E-state index in [1.54, 1.807) is 6.07 Å². The van der Waals surface area contributed by atoms with E-state index in [9.17, 15) is 18.0 Å². The van der Waals surface area contributed by atoms with Crippen LogP contribution in [0, 0.1) is 11.3 Å². The van der Waals surface area contributed by atoms with Crippen LogP contribution in [0.4, 0.5) is 13.2 Å². The van der Waals surface area contributed by atoms with Crippen molar-refractivity contribution in [1.82, 2.24) is 5.32 Å². The van der Waals surface area contributed by atoms with Gasteiger partial charge in [-0.25, -0.2) is 0 Å². The normalized spacial score (nSPS) is 19.5. The molecule has 0 saturated heterocycles. The predicted octanol–water partition coefficient (Wildman–Crippen LogP) is 2.68. The van der Waals surface area contributed by atoms with Gasteiger partial charge in [0.25, 0.3) is 5.91 Å². The molecule has 142 valence electrons. The first-order chi connectivity index (χ1) is 12.1. The second-order valence-corrected chi connectivity index (χ2v) is 5.89. The van der Waals surface area contributed by atoms with Crippen molar-refractivity contribution in [2.24, 2.45) is 0 Å². The number of aliphatic hydroxyl groups is 2. The van der Waals surface area contributed by atoms with Crippen LogP contribution in [0.25, 0.3) is 0 Å². The van der Waals surface area contributed by atoms with Crippen LogP contribution in [0.2, 0.25) is 0 Å². The zero-order valence-corrected chi connectivity index (χ0v) is 14.1. The molecule has 3 N–H and O–H groups in total. The first kappa shape index (κ1) is 21.7. The van der Waals surface area contributed by atoms with Gasteiger partial charge in [0.05, 0.1) is 17.8 Å². The lowest BCUT2D eigenvalue weighted by atomic mass is 9.95. The number of nitrogens with zero attached hydrogens (tertiary/aromatic N) is 1. The van der Waals surface area contributed by atoms with Gasteiger partial charge in [-0.05, 0) is 30.5 Å². The predicted molar refractivity (Wildman–Crippen MR) is 88.5 cm³/mol. The third-order valence-electron chi connectivity index (χ3n) is 3.81. The van der Waals surface area contributed by atoms with Gasteiger partial charge in [-0.1, -0.05) is 31.6 Å². The Morgan fingerprint density at radius 3 is 2.31 bits per heavy atom. The van der Waals surface area contributed by atoms with Crippen molar-refractivity contribution in [3.05, 3.63) is 47.5 Å². The number of nitrogens with one attached hydrogen (secondary N) is 1. The first-order valence-corrected chi connectivity index (χ1v) is 8.04. The Labute approximate surface area is 149 Å². The largest absolute Gasteiger partial charge is 0.416 e. The lowest BCUT2D eigenvalue weighted by Gasteiger charge is -2.22. The molecule has 1 aromatic carbocycles. The summed E-state index contributed by atoms with van der Waals surface area (Å²) in [5.41, 5.74) is -0.778. The fourth-order valence-corrected chi connectivity index (χ4v) is 2.29. The number of aliphatic hydroxyl groups excluding tert-OH is 2. The average molecular weight is 370 g/mol. The number of nitriles is 1. The molecule has 1 aromatic rings. The average Bonchev–Trinajstić information content (AvgIpc) is 2.61. The summed E-state index contributed by atoms with van der Waals surface area (Å²) < 4.78 is 37.2. The van der Waals surface area contributed by atoms with Gasteiger partial charge in [0.2, 0.25) is 0 Å². The molecule has 1 amide bonds. The molecule has 0 radical (unpaired) electrons. The Morgan fingerprint density at radius 1 is 1.27 bits per heavy atom. The Hall–Kier alpha value is -2.37. The van der Waals surface area contributed by atoms with Crippen molar-refractivity contribution in [3.8, 4) is 6.07 Å². The highest BCUT2D eigenvalue weighted by molar-refractivity contribution is 5.96. The highest BCUT2D eigenvalue weighted by Crippen LogP contribution is 2.29. The molecule has 1 aliphatic carbocycles. The second kappa shape index (κ2) is 9.94. The number of rotatable bonds is 3. The van der Waals surface area contributed by atoms with Crippen molar-refractivity contribution < 1.29 is 28.2 Å². The third kappa shape index (κ3) is 7.25. The summed E-state index contributed by atoms with van der Waals surface area (Å²) in [7, 11) is 0. The van der Waals surface area contributed by atoms with Gasteiger partial charge in [0.15, 0.2) is 0 Å². The first-order valence-electron chi connectivity index (χ1n) is 8.04. The molecule has 5 nitrogen and oxygen atoms in total. The molecule has 0 aromatic heterocycles. The molecule has 1 fully saturated rings. The molecule has 1 saturated carbocycles. The highest BCUT2D eigenvalue weighted by Gasteiger charge is 2.30. The lowest BCUT2D eigenvalue weighted by molar-refractivity contribution is -0.137. The zero-order valence-electron chi connectivity index (χ0n) is 14.1. The van der Waals surface area contributed by atoms with Gasteiger partial charge in [-0.15, -0.1) is 0 Å². The number of alkyl halides is 3. The Bertz CT molecular complexity index is 658. The van der Waals surface area contributed by atoms with Crippen molar-refractivity contribution >= 4 is 5.91 Å². The summed E-state index contributed by atoms with van der Waals surface area (Å²) in [6.45, 7) is 3.10. The number of halogens is 3. The van der Waals surface area contributed by atoms with Gasteiger partial charge in [-0.3, -0.25) is 4.79 Å². The standard InChI is InChI=1S/C12H9F3N2O.C6H12O2/c1-8(6-16)11(18)17-7-9-3-2-4-10(5-9)12(13,14)15;7-5-3-1-2-4-6(5)8/h2-5H,1,7H2,(H,17,18);5-8H,1-4H2. The van der Waals surface area contributed by atoms with Crippen molar-refractivity contribution in [2.45, 2.75) is 50.6 Å². The maximum atomic E-state index is 12.4. The van der Waals surface area contributed by atoms with Gasteiger partial charge in [0, 0.05) is 6.54 Å². The van der Waals surface area contributed by atoms with Crippen LogP contribution in [-0.4, -0.2) is 28.3 Å². The second-order valence-electron chi connectivity index (χ2n) is 5.89. The maximum Gasteiger partial charge on any atom is 0.416 e. The molecule has 2 unspecified atom stereocenters. The monoisotopic (exact) mass is 370 g/mol. The molecular formula is C18H21F3N2O3. The minimum absolute atomic E-state index is 0.0938. The quantitative estimate of drug-likeness (QED) is 0.563. The Morgan fingerprint density at radius 2 is 1.85 bits per heavy atom. The van der Waals surface area contributed by atoms with E-state index in [0.29, 0.717) is 5.56 Å². The third-order valence-corrected chi connectivity index (χ3v) is 3.81. The molecule has 0 heterocycles. The number of benzene rings is 1. The van der Waals surface area contributed by atoms with E-state index in [-0.39, 0.29) is 12.1 Å². The van der Waals surface area contributed by atoms with E-state index in [0.717, 1.165) is 37.8 Å². The van der Waals surface area contributed by atoms with Crippen LogP contribution in [0.1, 0.15) is 36.8 Å². The minimum atomic E-state index is -4.42. The molecule has 2 rings (SSSR count). The van der Waals surface area contributed by atoms with E-state index in [4.69, 9.17) is 15.5 Å². The van der Waals surface area contributed by atoms with E-state index >= 15 is 0 Å². The van der Waals surface area contributed by atoms with E-state index in [1.807, 2.05) is 0 Å². The summed E-state index contributed by atoms with van der Waals surface area (Å²) in [5, 5.41) is 28.5. The highest BCUT2D eigenvalue weighted by atomic mass is 19.4.